The third-order valence-corrected chi connectivity index (χ3v) is 13.8. The Labute approximate surface area is 355 Å². The van der Waals surface area contributed by atoms with Gasteiger partial charge in [-0.05, 0) is 113 Å². The van der Waals surface area contributed by atoms with Gasteiger partial charge < -0.3 is 4.74 Å². The van der Waals surface area contributed by atoms with Crippen molar-refractivity contribution < 1.29 is 4.74 Å². The van der Waals surface area contributed by atoms with E-state index in [1.807, 2.05) is 0 Å². The summed E-state index contributed by atoms with van der Waals surface area (Å²) in [5.41, 5.74) is 19.1. The number of benzene rings is 10. The van der Waals surface area contributed by atoms with E-state index in [2.05, 4.69) is 231 Å². The Morgan fingerprint density at radius 1 is 0.279 bits per heavy atom. The van der Waals surface area contributed by atoms with E-state index in [0.29, 0.717) is 0 Å². The molecule has 2 aliphatic carbocycles. The quantitative estimate of drug-likeness (QED) is 0.173. The van der Waals surface area contributed by atoms with Gasteiger partial charge in [0.15, 0.2) is 0 Å². The first-order chi connectivity index (χ1) is 30.3. The van der Waals surface area contributed by atoms with Crippen molar-refractivity contribution in [2.45, 2.75) is 10.8 Å². The van der Waals surface area contributed by atoms with Gasteiger partial charge in [0, 0.05) is 11.1 Å². The van der Waals surface area contributed by atoms with Crippen LogP contribution in [0.4, 0.5) is 0 Å². The van der Waals surface area contributed by atoms with Crippen LogP contribution >= 0.6 is 0 Å². The second kappa shape index (κ2) is 12.9. The largest absolute Gasteiger partial charge is 0.457 e. The maximum Gasteiger partial charge on any atom is 0.132 e. The number of hydrogen-bond donors (Lipinski definition) is 0. The molecule has 1 unspecified atom stereocenters. The first-order valence-electron chi connectivity index (χ1n) is 21.3. The van der Waals surface area contributed by atoms with E-state index >= 15 is 0 Å². The van der Waals surface area contributed by atoms with Gasteiger partial charge >= 0.3 is 0 Å². The molecular weight excluding hydrogens is 737 g/mol. The molecule has 1 nitrogen and oxygen atoms in total. The van der Waals surface area contributed by atoms with Crippen LogP contribution in [0.2, 0.25) is 0 Å². The molecule has 13 rings (SSSR count). The molecule has 1 heteroatoms. The van der Waals surface area contributed by atoms with Gasteiger partial charge in [-0.3, -0.25) is 0 Å². The third-order valence-electron chi connectivity index (χ3n) is 13.8. The number of fused-ring (bicyclic) bond motifs is 14. The predicted molar refractivity (Wildman–Crippen MR) is 250 cm³/mol. The number of rotatable bonds is 4. The fourth-order valence-electron chi connectivity index (χ4n) is 11.4. The Morgan fingerprint density at radius 2 is 0.820 bits per heavy atom. The highest BCUT2D eigenvalue weighted by Crippen LogP contribution is 2.65. The smallest absolute Gasteiger partial charge is 0.132 e. The van der Waals surface area contributed by atoms with Crippen LogP contribution in [0.1, 0.15) is 44.5 Å². The molecule has 3 aliphatic rings. The SMILES string of the molecule is c1ccc(C2(c3ccccc3)c3ccccc3Oc3ccc(-c4cccc(-c5cccc6c5-c5ccccc5C65c6ccccc6-c6c5ccc5ccccc65)c4)cc32)cc1. The van der Waals surface area contributed by atoms with Crippen LogP contribution in [0.25, 0.3) is 55.3 Å². The fraction of sp³-hybridized carbons (Fsp3) is 0.0333. The van der Waals surface area contributed by atoms with E-state index in [0.717, 1.165) is 33.8 Å². The monoisotopic (exact) mass is 774 g/mol. The Hall–Kier alpha value is -7.74. The summed E-state index contributed by atoms with van der Waals surface area (Å²) in [7, 11) is 0. The molecule has 0 saturated carbocycles. The number of hydrogen-bond acceptors (Lipinski definition) is 1. The van der Waals surface area contributed by atoms with E-state index in [1.54, 1.807) is 0 Å². The maximum absolute atomic E-state index is 6.76. The van der Waals surface area contributed by atoms with Gasteiger partial charge in [0.2, 0.25) is 0 Å². The van der Waals surface area contributed by atoms with Crippen molar-refractivity contribution in [1.82, 2.24) is 0 Å². The van der Waals surface area contributed by atoms with E-state index in [9.17, 15) is 0 Å². The molecule has 1 aliphatic heterocycles. The molecule has 1 atom stereocenters. The standard InChI is InChI=1S/C60H38O/c1-3-20-43(21-4-1)59(44-22-5-2-6-23-44)51-30-13-14-32-55(51)61-56-36-34-41(38-54(56)59)40-18-15-19-42(37-40)46-27-16-31-52-58(46)48-26-10-12-29-50(48)60(52)49-28-11-9-25-47(49)57-45-24-8-7-17-39(45)33-35-53(57)60/h1-38H. The molecule has 0 fully saturated rings. The van der Waals surface area contributed by atoms with Crippen molar-refractivity contribution in [3.63, 3.8) is 0 Å². The van der Waals surface area contributed by atoms with E-state index in [-0.39, 0.29) is 0 Å². The second-order valence-corrected chi connectivity index (χ2v) is 16.7. The average molecular weight is 775 g/mol. The van der Waals surface area contributed by atoms with Crippen LogP contribution in [0.5, 0.6) is 11.5 Å². The molecule has 0 N–H and O–H groups in total. The Kier molecular flexibility index (Phi) is 7.21. The van der Waals surface area contributed by atoms with Gasteiger partial charge in [0.25, 0.3) is 0 Å². The molecule has 0 bridgehead atoms. The van der Waals surface area contributed by atoms with E-state index < -0.39 is 10.8 Å². The minimum absolute atomic E-state index is 0.428. The van der Waals surface area contributed by atoms with Gasteiger partial charge in [0.05, 0.1) is 10.8 Å². The lowest BCUT2D eigenvalue weighted by Gasteiger charge is -2.41. The lowest BCUT2D eigenvalue weighted by atomic mass is 9.63. The topological polar surface area (TPSA) is 9.23 Å². The molecule has 10 aromatic rings. The predicted octanol–water partition coefficient (Wildman–Crippen LogP) is 15.0. The van der Waals surface area contributed by atoms with E-state index in [1.165, 1.54) is 77.5 Å². The Balaban J connectivity index is 1.02. The first-order valence-corrected chi connectivity index (χ1v) is 21.3. The first kappa shape index (κ1) is 34.2. The summed E-state index contributed by atoms with van der Waals surface area (Å²) >= 11 is 0. The molecule has 1 spiro atoms. The zero-order valence-electron chi connectivity index (χ0n) is 33.3. The second-order valence-electron chi connectivity index (χ2n) is 16.7. The summed E-state index contributed by atoms with van der Waals surface area (Å²) in [6.45, 7) is 0. The van der Waals surface area contributed by atoms with Gasteiger partial charge in [-0.1, -0.05) is 206 Å². The van der Waals surface area contributed by atoms with Crippen molar-refractivity contribution in [2.24, 2.45) is 0 Å². The summed E-state index contributed by atoms with van der Waals surface area (Å²) in [4.78, 5) is 0. The summed E-state index contributed by atoms with van der Waals surface area (Å²) in [5.74, 6) is 1.76. The molecule has 0 saturated heterocycles. The van der Waals surface area contributed by atoms with Crippen molar-refractivity contribution in [3.8, 4) is 56.0 Å². The number of ether oxygens (including phenoxy) is 1. The van der Waals surface area contributed by atoms with Crippen LogP contribution in [0.15, 0.2) is 231 Å². The number of para-hydroxylation sites is 1. The van der Waals surface area contributed by atoms with Crippen molar-refractivity contribution in [1.29, 1.82) is 0 Å². The van der Waals surface area contributed by atoms with Gasteiger partial charge in [0.1, 0.15) is 11.5 Å². The molecule has 1 heterocycles. The fourth-order valence-corrected chi connectivity index (χ4v) is 11.4. The molecule has 0 radical (unpaired) electrons. The van der Waals surface area contributed by atoms with Crippen LogP contribution in [-0.2, 0) is 10.8 Å². The maximum atomic E-state index is 6.76. The summed E-state index contributed by atoms with van der Waals surface area (Å²) in [5, 5.41) is 2.58. The van der Waals surface area contributed by atoms with Crippen LogP contribution in [0.3, 0.4) is 0 Å². The highest BCUT2D eigenvalue weighted by Gasteiger charge is 2.52. The van der Waals surface area contributed by atoms with E-state index in [4.69, 9.17) is 4.74 Å². The minimum atomic E-state index is -0.586. The highest BCUT2D eigenvalue weighted by molar-refractivity contribution is 6.07. The van der Waals surface area contributed by atoms with Crippen LogP contribution in [0, 0.1) is 0 Å². The van der Waals surface area contributed by atoms with Gasteiger partial charge in [-0.2, -0.15) is 0 Å². The lowest BCUT2D eigenvalue weighted by Crippen LogP contribution is -2.34. The molecule has 10 aromatic carbocycles. The zero-order chi connectivity index (χ0) is 40.1. The van der Waals surface area contributed by atoms with Crippen LogP contribution in [-0.4, -0.2) is 0 Å². The molecule has 0 aromatic heterocycles. The summed E-state index contributed by atoms with van der Waals surface area (Å²) in [6, 6.07) is 85.1. The molecule has 0 amide bonds. The normalized spacial score (nSPS) is 15.9. The van der Waals surface area contributed by atoms with Crippen LogP contribution < -0.4 is 4.74 Å². The molecule has 284 valence electrons. The highest BCUT2D eigenvalue weighted by atomic mass is 16.5. The van der Waals surface area contributed by atoms with Crippen molar-refractivity contribution in [3.05, 3.63) is 275 Å². The summed E-state index contributed by atoms with van der Waals surface area (Å²) in [6.07, 6.45) is 0. The third kappa shape index (κ3) is 4.55. The van der Waals surface area contributed by atoms with Gasteiger partial charge in [-0.25, -0.2) is 0 Å². The molecular formula is C60H38O. The lowest BCUT2D eigenvalue weighted by molar-refractivity contribution is 0.434. The molecule has 61 heavy (non-hydrogen) atoms. The van der Waals surface area contributed by atoms with Gasteiger partial charge in [-0.15, -0.1) is 0 Å². The summed E-state index contributed by atoms with van der Waals surface area (Å²) < 4.78 is 6.76. The minimum Gasteiger partial charge on any atom is -0.457 e. The van der Waals surface area contributed by atoms with Crippen molar-refractivity contribution in [2.75, 3.05) is 0 Å². The Bertz CT molecular complexity index is 3360. The Morgan fingerprint density at radius 3 is 1.59 bits per heavy atom. The van der Waals surface area contributed by atoms with Crippen molar-refractivity contribution >= 4 is 10.8 Å². The average Bonchev–Trinajstić information content (AvgIpc) is 3.81. The zero-order valence-corrected chi connectivity index (χ0v) is 33.3.